The van der Waals surface area contributed by atoms with Crippen molar-refractivity contribution in [3.63, 3.8) is 0 Å². The van der Waals surface area contributed by atoms with Gasteiger partial charge in [0.1, 0.15) is 12.2 Å². The number of hydrogen-bond acceptors (Lipinski definition) is 4. The van der Waals surface area contributed by atoms with Gasteiger partial charge in [0.15, 0.2) is 0 Å². The highest BCUT2D eigenvalue weighted by molar-refractivity contribution is 5.70. The summed E-state index contributed by atoms with van der Waals surface area (Å²) in [6, 6.07) is 0. The molecule has 0 spiro atoms. The zero-order chi connectivity index (χ0) is 17.7. The molecule has 0 aromatic rings. The molecule has 2 aliphatic carbocycles. The second-order valence-electron chi connectivity index (χ2n) is 7.77. The van der Waals surface area contributed by atoms with Crippen LogP contribution in [0, 0.1) is 0 Å². The van der Waals surface area contributed by atoms with E-state index in [1.807, 2.05) is 0 Å². The molecule has 0 heterocycles. The number of carbonyl (C=O) groups is 2. The predicted molar refractivity (Wildman–Crippen MR) is 98.2 cm³/mol. The summed E-state index contributed by atoms with van der Waals surface area (Å²) in [5.41, 5.74) is 0. The monoisotopic (exact) mass is 352 g/mol. The van der Waals surface area contributed by atoms with Crippen molar-refractivity contribution in [2.45, 2.75) is 121 Å². The molecule has 2 rings (SSSR count). The lowest BCUT2D eigenvalue weighted by atomic mass is 10.1. The van der Waals surface area contributed by atoms with Crippen LogP contribution < -0.4 is 0 Å². The van der Waals surface area contributed by atoms with Gasteiger partial charge in [0, 0.05) is 12.8 Å². The molecule has 2 fully saturated rings. The maximum absolute atomic E-state index is 11.9. The maximum atomic E-state index is 11.9. The van der Waals surface area contributed by atoms with Crippen LogP contribution in [0.3, 0.4) is 0 Å². The van der Waals surface area contributed by atoms with Crippen LogP contribution in [0.1, 0.15) is 109 Å². The van der Waals surface area contributed by atoms with E-state index in [-0.39, 0.29) is 24.1 Å². The first-order valence-corrected chi connectivity index (χ1v) is 10.6. The topological polar surface area (TPSA) is 52.6 Å². The second-order valence-corrected chi connectivity index (χ2v) is 7.77. The van der Waals surface area contributed by atoms with Gasteiger partial charge in [0.05, 0.1) is 0 Å². The van der Waals surface area contributed by atoms with E-state index in [0.717, 1.165) is 44.9 Å². The fourth-order valence-corrected chi connectivity index (χ4v) is 3.92. The minimum atomic E-state index is -0.0621. The van der Waals surface area contributed by atoms with E-state index in [2.05, 4.69) is 0 Å². The van der Waals surface area contributed by atoms with Crippen LogP contribution in [0.25, 0.3) is 0 Å². The van der Waals surface area contributed by atoms with Crippen LogP contribution in [-0.2, 0) is 19.1 Å². The molecule has 0 aromatic heterocycles. The van der Waals surface area contributed by atoms with E-state index in [1.54, 1.807) is 0 Å². The highest BCUT2D eigenvalue weighted by Crippen LogP contribution is 2.21. The number of carbonyl (C=O) groups excluding carboxylic acids is 2. The van der Waals surface area contributed by atoms with Gasteiger partial charge in [0.25, 0.3) is 0 Å². The molecular weight excluding hydrogens is 316 g/mol. The highest BCUT2D eigenvalue weighted by atomic mass is 16.5. The van der Waals surface area contributed by atoms with E-state index in [0.29, 0.717) is 12.8 Å². The average molecular weight is 353 g/mol. The Morgan fingerprint density at radius 1 is 0.560 bits per heavy atom. The van der Waals surface area contributed by atoms with E-state index >= 15 is 0 Å². The van der Waals surface area contributed by atoms with Gasteiger partial charge in [-0.1, -0.05) is 32.1 Å². The standard InChI is InChI=1S/C21H36O4/c22-20(24-18-12-6-1-2-7-13-18)16-10-5-11-17-21(23)25-19-14-8-3-4-9-15-19/h18-19H,1-17H2. The van der Waals surface area contributed by atoms with Crippen molar-refractivity contribution in [2.75, 3.05) is 0 Å². The minimum absolute atomic E-state index is 0.0621. The van der Waals surface area contributed by atoms with Gasteiger partial charge in [-0.15, -0.1) is 0 Å². The third-order valence-corrected chi connectivity index (χ3v) is 5.46. The maximum Gasteiger partial charge on any atom is 0.306 e. The zero-order valence-electron chi connectivity index (χ0n) is 15.8. The largest absolute Gasteiger partial charge is 0.462 e. The second kappa shape index (κ2) is 12.3. The van der Waals surface area contributed by atoms with Crippen molar-refractivity contribution >= 4 is 11.9 Å². The Labute approximate surface area is 153 Å². The first-order chi connectivity index (χ1) is 12.2. The molecule has 0 amide bonds. The molecule has 2 aliphatic rings. The van der Waals surface area contributed by atoms with Crippen molar-refractivity contribution in [3.05, 3.63) is 0 Å². The third-order valence-electron chi connectivity index (χ3n) is 5.46. The molecule has 144 valence electrons. The SMILES string of the molecule is O=C(CCCCCC(=O)OC1CCCCCC1)OC1CCCCCC1. The summed E-state index contributed by atoms with van der Waals surface area (Å²) < 4.78 is 11.2. The van der Waals surface area contributed by atoms with Crippen LogP contribution in [-0.4, -0.2) is 24.1 Å². The smallest absolute Gasteiger partial charge is 0.306 e. The Balaban J connectivity index is 1.47. The molecule has 0 radical (unpaired) electrons. The summed E-state index contributed by atoms with van der Waals surface area (Å²) in [5.74, 6) is -0.124. The summed E-state index contributed by atoms with van der Waals surface area (Å²) in [6.45, 7) is 0. The van der Waals surface area contributed by atoms with Crippen LogP contribution in [0.5, 0.6) is 0 Å². The summed E-state index contributed by atoms with van der Waals surface area (Å²) >= 11 is 0. The van der Waals surface area contributed by atoms with Crippen molar-refractivity contribution in [1.29, 1.82) is 0 Å². The predicted octanol–water partition coefficient (Wildman–Crippen LogP) is 5.47. The van der Waals surface area contributed by atoms with Crippen LogP contribution in [0.2, 0.25) is 0 Å². The molecule has 0 unspecified atom stereocenters. The molecule has 4 nitrogen and oxygen atoms in total. The van der Waals surface area contributed by atoms with Crippen LogP contribution in [0.4, 0.5) is 0 Å². The average Bonchev–Trinajstić information content (AvgIpc) is 2.99. The zero-order valence-corrected chi connectivity index (χ0v) is 15.8. The minimum Gasteiger partial charge on any atom is -0.462 e. The van der Waals surface area contributed by atoms with Gasteiger partial charge in [-0.2, -0.15) is 0 Å². The summed E-state index contributed by atoms with van der Waals surface area (Å²) in [4.78, 5) is 23.8. The summed E-state index contributed by atoms with van der Waals surface area (Å²) in [6.07, 6.45) is 17.7. The molecule has 0 aromatic carbocycles. The quantitative estimate of drug-likeness (QED) is 0.330. The number of hydrogen-bond donors (Lipinski definition) is 0. The van der Waals surface area contributed by atoms with Crippen molar-refractivity contribution < 1.29 is 19.1 Å². The van der Waals surface area contributed by atoms with E-state index in [9.17, 15) is 9.59 Å². The van der Waals surface area contributed by atoms with Gasteiger partial charge in [-0.25, -0.2) is 0 Å². The molecule has 0 N–H and O–H groups in total. The summed E-state index contributed by atoms with van der Waals surface area (Å²) in [7, 11) is 0. The Morgan fingerprint density at radius 2 is 0.920 bits per heavy atom. The molecule has 4 heteroatoms. The van der Waals surface area contributed by atoms with Crippen LogP contribution >= 0.6 is 0 Å². The lowest BCUT2D eigenvalue weighted by Gasteiger charge is -2.16. The highest BCUT2D eigenvalue weighted by Gasteiger charge is 2.17. The fourth-order valence-electron chi connectivity index (χ4n) is 3.92. The van der Waals surface area contributed by atoms with Crippen molar-refractivity contribution in [3.8, 4) is 0 Å². The Morgan fingerprint density at radius 3 is 1.28 bits per heavy atom. The third kappa shape index (κ3) is 9.27. The van der Waals surface area contributed by atoms with E-state index in [1.165, 1.54) is 51.4 Å². The Kier molecular flexibility index (Phi) is 9.98. The first kappa shape index (κ1) is 20.3. The molecule has 25 heavy (non-hydrogen) atoms. The number of esters is 2. The van der Waals surface area contributed by atoms with Gasteiger partial charge >= 0.3 is 11.9 Å². The number of rotatable bonds is 8. The van der Waals surface area contributed by atoms with Gasteiger partial charge in [-0.05, 0) is 64.2 Å². The lowest BCUT2D eigenvalue weighted by Crippen LogP contribution is -2.17. The van der Waals surface area contributed by atoms with Crippen molar-refractivity contribution in [2.24, 2.45) is 0 Å². The van der Waals surface area contributed by atoms with E-state index < -0.39 is 0 Å². The molecule has 0 saturated heterocycles. The lowest BCUT2D eigenvalue weighted by molar-refractivity contribution is -0.150. The Bertz CT molecular complexity index is 341. The molecule has 0 atom stereocenters. The molecule has 0 bridgehead atoms. The number of unbranched alkanes of at least 4 members (excludes halogenated alkanes) is 2. The number of ether oxygens (including phenoxy) is 2. The first-order valence-electron chi connectivity index (χ1n) is 10.6. The van der Waals surface area contributed by atoms with Crippen molar-refractivity contribution in [1.82, 2.24) is 0 Å². The molecule has 2 saturated carbocycles. The Hall–Kier alpha value is -1.06. The fraction of sp³-hybridized carbons (Fsp3) is 0.905. The van der Waals surface area contributed by atoms with Gasteiger partial charge < -0.3 is 9.47 Å². The van der Waals surface area contributed by atoms with E-state index in [4.69, 9.17) is 9.47 Å². The summed E-state index contributed by atoms with van der Waals surface area (Å²) in [5, 5.41) is 0. The normalized spacial score (nSPS) is 20.5. The van der Waals surface area contributed by atoms with Gasteiger partial charge in [-0.3, -0.25) is 9.59 Å². The molecule has 0 aliphatic heterocycles. The molecular formula is C21H36O4. The van der Waals surface area contributed by atoms with Crippen LogP contribution in [0.15, 0.2) is 0 Å². The van der Waals surface area contributed by atoms with Gasteiger partial charge in [0.2, 0.25) is 0 Å².